The van der Waals surface area contributed by atoms with Gasteiger partial charge in [-0.3, -0.25) is 9.59 Å². The van der Waals surface area contributed by atoms with Crippen molar-refractivity contribution in [2.75, 3.05) is 0 Å². The molecule has 5 rings (SSSR count). The van der Waals surface area contributed by atoms with Crippen molar-refractivity contribution < 1.29 is 41.2 Å². The van der Waals surface area contributed by atoms with Gasteiger partial charge in [-0.25, -0.2) is 4.39 Å². The topological polar surface area (TPSA) is 106 Å². The third kappa shape index (κ3) is 6.30. The quantitative estimate of drug-likeness (QED) is 0.141. The Labute approximate surface area is 236 Å². The van der Waals surface area contributed by atoms with Crippen LogP contribution in [0.1, 0.15) is 33.7 Å². The Morgan fingerprint density at radius 2 is 1.62 bits per heavy atom. The predicted octanol–water partition coefficient (Wildman–Crippen LogP) is 7.65. The third-order valence-electron chi connectivity index (χ3n) is 6.64. The summed E-state index contributed by atoms with van der Waals surface area (Å²) in [7, 11) is 0. The van der Waals surface area contributed by atoms with Gasteiger partial charge in [0.25, 0.3) is 5.89 Å². The number of carbonyl (C=O) groups excluding carboxylic acids is 1. The summed E-state index contributed by atoms with van der Waals surface area (Å²) in [6.45, 7) is 1.93. The predicted molar refractivity (Wildman–Crippen MR) is 143 cm³/mol. The Bertz CT molecular complexity index is 1740. The van der Waals surface area contributed by atoms with Gasteiger partial charge in [-0.05, 0) is 67.4 Å². The number of carboxylic acids is 1. The highest BCUT2D eigenvalue weighted by Gasteiger charge is 2.30. The van der Waals surface area contributed by atoms with Crippen molar-refractivity contribution >= 4 is 11.8 Å². The molecule has 0 bridgehead atoms. The van der Waals surface area contributed by atoms with E-state index in [2.05, 4.69) is 10.1 Å². The average Bonchev–Trinajstić information content (AvgIpc) is 3.64. The second-order valence-corrected chi connectivity index (χ2v) is 9.71. The number of carboxylic acid groups (broad SMARTS) is 1. The molecule has 0 aliphatic rings. The van der Waals surface area contributed by atoms with Crippen molar-refractivity contribution in [3.63, 3.8) is 0 Å². The lowest BCUT2D eigenvalue weighted by molar-refractivity contribution is -0.141. The number of ketones is 1. The maximum Gasteiger partial charge on any atom is 0.416 e. The Kier molecular flexibility index (Phi) is 7.75. The maximum absolute atomic E-state index is 15.0. The minimum atomic E-state index is -4.49. The van der Waals surface area contributed by atoms with Gasteiger partial charge in [-0.15, -0.1) is 0 Å². The lowest BCUT2D eigenvalue weighted by atomic mass is 9.93. The van der Waals surface area contributed by atoms with E-state index in [0.29, 0.717) is 16.7 Å². The summed E-state index contributed by atoms with van der Waals surface area (Å²) in [6, 6.07) is 18.4. The number of benzene rings is 3. The van der Waals surface area contributed by atoms with Gasteiger partial charge in [0.1, 0.15) is 11.6 Å². The van der Waals surface area contributed by atoms with Crippen molar-refractivity contribution in [1.82, 2.24) is 10.1 Å². The van der Waals surface area contributed by atoms with E-state index in [9.17, 15) is 27.9 Å². The monoisotopic (exact) mass is 578 g/mol. The van der Waals surface area contributed by atoms with Gasteiger partial charge < -0.3 is 14.0 Å². The fourth-order valence-corrected chi connectivity index (χ4v) is 4.34. The van der Waals surface area contributed by atoms with E-state index in [4.69, 9.17) is 8.94 Å². The minimum Gasteiger partial charge on any atom is -0.481 e. The van der Waals surface area contributed by atoms with Crippen LogP contribution in [0.25, 0.3) is 34.2 Å². The summed E-state index contributed by atoms with van der Waals surface area (Å²) in [5, 5.41) is 13.6. The molecular formula is C31H22F4N2O5. The highest BCUT2D eigenvalue weighted by atomic mass is 19.4. The van der Waals surface area contributed by atoms with Gasteiger partial charge in [0.15, 0.2) is 11.5 Å². The first-order chi connectivity index (χ1) is 20.0. The van der Waals surface area contributed by atoms with Crippen molar-refractivity contribution in [2.45, 2.75) is 25.9 Å². The van der Waals surface area contributed by atoms with E-state index in [1.165, 1.54) is 36.4 Å². The minimum absolute atomic E-state index is 0.0289. The van der Waals surface area contributed by atoms with Crippen LogP contribution < -0.4 is 0 Å². The molecule has 7 nitrogen and oxygen atoms in total. The van der Waals surface area contributed by atoms with Crippen molar-refractivity contribution in [1.29, 1.82) is 0 Å². The van der Waals surface area contributed by atoms with Gasteiger partial charge >= 0.3 is 12.1 Å². The van der Waals surface area contributed by atoms with Gasteiger partial charge in [0.05, 0.1) is 17.0 Å². The normalized spacial score (nSPS) is 12.3. The number of nitrogens with zero attached hydrogens (tertiary/aromatic N) is 2. The highest BCUT2D eigenvalue weighted by Crippen LogP contribution is 2.32. The number of Topliss-reactive ketones (excluding diaryl/α,β-unsaturated/α-hetero) is 1. The molecule has 1 unspecified atom stereocenters. The van der Waals surface area contributed by atoms with E-state index in [1.54, 1.807) is 12.1 Å². The Balaban J connectivity index is 1.27. The van der Waals surface area contributed by atoms with Crippen LogP contribution in [0.4, 0.5) is 17.6 Å². The van der Waals surface area contributed by atoms with Gasteiger partial charge in [-0.2, -0.15) is 18.2 Å². The molecule has 0 amide bonds. The zero-order chi connectivity index (χ0) is 30.0. The van der Waals surface area contributed by atoms with Crippen molar-refractivity contribution in [3.8, 4) is 34.2 Å². The van der Waals surface area contributed by atoms with Gasteiger partial charge in [0, 0.05) is 17.5 Å². The molecule has 3 aromatic carbocycles. The van der Waals surface area contributed by atoms with E-state index < -0.39 is 41.6 Å². The van der Waals surface area contributed by atoms with E-state index in [-0.39, 0.29) is 35.2 Å². The fraction of sp³-hybridized carbons (Fsp3) is 0.161. The second kappa shape index (κ2) is 11.4. The van der Waals surface area contributed by atoms with E-state index in [1.807, 2.05) is 19.1 Å². The van der Waals surface area contributed by atoms with E-state index >= 15 is 4.39 Å². The van der Waals surface area contributed by atoms with Crippen LogP contribution in [0.5, 0.6) is 0 Å². The Morgan fingerprint density at radius 1 is 0.929 bits per heavy atom. The van der Waals surface area contributed by atoms with Gasteiger partial charge in [0.2, 0.25) is 5.82 Å². The molecule has 214 valence electrons. The van der Waals surface area contributed by atoms with Crippen molar-refractivity contribution in [2.24, 2.45) is 5.92 Å². The first-order valence-corrected chi connectivity index (χ1v) is 12.7. The number of alkyl halides is 3. The molecule has 0 fully saturated rings. The number of rotatable bonds is 9. The third-order valence-corrected chi connectivity index (χ3v) is 6.64. The lowest BCUT2D eigenvalue weighted by Gasteiger charge is -2.12. The number of aryl methyl sites for hydroxylation is 1. The number of carbonyl (C=O) groups is 2. The zero-order valence-electron chi connectivity index (χ0n) is 22.0. The number of aliphatic carboxylic acids is 1. The molecule has 0 aliphatic heterocycles. The fourth-order valence-electron chi connectivity index (χ4n) is 4.34. The number of hydrogen-bond donors (Lipinski definition) is 1. The lowest BCUT2D eigenvalue weighted by Crippen LogP contribution is -2.20. The first-order valence-electron chi connectivity index (χ1n) is 12.7. The molecular weight excluding hydrogens is 556 g/mol. The van der Waals surface area contributed by atoms with Crippen LogP contribution >= 0.6 is 0 Å². The van der Waals surface area contributed by atoms with Crippen LogP contribution in [0.15, 0.2) is 87.8 Å². The summed E-state index contributed by atoms with van der Waals surface area (Å²) in [4.78, 5) is 29.0. The first kappa shape index (κ1) is 28.5. The summed E-state index contributed by atoms with van der Waals surface area (Å²) in [5.74, 6) is -3.50. The summed E-state index contributed by atoms with van der Waals surface area (Å²) >= 11 is 0. The SMILES string of the molecule is Cc1ccc(-c2nc(-c3ccc(CC(CC(=O)c4ccc(-c5ccc(C(F)(F)F)cc5)o4)C(=O)O)cc3F)no2)cc1. The highest BCUT2D eigenvalue weighted by molar-refractivity contribution is 5.96. The van der Waals surface area contributed by atoms with Crippen molar-refractivity contribution in [3.05, 3.63) is 107 Å². The molecule has 0 spiro atoms. The van der Waals surface area contributed by atoms with Crippen LogP contribution in [-0.2, 0) is 17.4 Å². The molecule has 1 N–H and O–H groups in total. The number of furan rings is 1. The molecule has 0 saturated carbocycles. The smallest absolute Gasteiger partial charge is 0.416 e. The van der Waals surface area contributed by atoms with Crippen LogP contribution in [0, 0.1) is 18.7 Å². The molecule has 5 aromatic rings. The number of aromatic nitrogens is 2. The van der Waals surface area contributed by atoms with Crippen LogP contribution in [0.3, 0.4) is 0 Å². The molecule has 0 radical (unpaired) electrons. The molecule has 2 heterocycles. The molecule has 0 aliphatic carbocycles. The molecule has 1 atom stereocenters. The summed E-state index contributed by atoms with van der Waals surface area (Å²) in [6.07, 6.45) is -5.08. The number of hydrogen-bond acceptors (Lipinski definition) is 6. The Hall–Kier alpha value is -5.06. The number of halogens is 4. The molecule has 2 aromatic heterocycles. The maximum atomic E-state index is 15.0. The largest absolute Gasteiger partial charge is 0.481 e. The average molecular weight is 579 g/mol. The Morgan fingerprint density at radius 3 is 2.26 bits per heavy atom. The molecule has 11 heteroatoms. The molecule has 42 heavy (non-hydrogen) atoms. The standard InChI is InChI=1S/C31H22F4N2O5/c1-17-2-5-20(6-3-17)29-36-28(37-42-29)23-11-4-18(15-24(23)32)14-21(30(39)40)16-25(38)27-13-12-26(41-27)19-7-9-22(10-8-19)31(33,34)35/h2-13,15,21H,14,16H2,1H3,(H,39,40). The van der Waals surface area contributed by atoms with Gasteiger partial charge in [-0.1, -0.05) is 41.1 Å². The van der Waals surface area contributed by atoms with Crippen LogP contribution in [-0.4, -0.2) is 27.0 Å². The summed E-state index contributed by atoms with van der Waals surface area (Å²) < 4.78 is 64.2. The second-order valence-electron chi connectivity index (χ2n) is 9.71. The van der Waals surface area contributed by atoms with Crippen LogP contribution in [0.2, 0.25) is 0 Å². The zero-order valence-corrected chi connectivity index (χ0v) is 22.0. The summed E-state index contributed by atoms with van der Waals surface area (Å²) in [5.41, 5.74) is 1.62. The van der Waals surface area contributed by atoms with E-state index in [0.717, 1.165) is 23.8 Å². The molecule has 0 saturated heterocycles.